The molecule has 0 atom stereocenters. The zero-order valence-corrected chi connectivity index (χ0v) is 12.0. The average molecular weight is 325 g/mol. The van der Waals surface area contributed by atoms with E-state index in [2.05, 4.69) is 21.2 Å². The van der Waals surface area contributed by atoms with Gasteiger partial charge in [0.1, 0.15) is 11.6 Å². The zero-order valence-electron chi connectivity index (χ0n) is 10.4. The number of hydrogen-bond donors (Lipinski definition) is 2. The minimum atomic E-state index is -0.370. The molecule has 0 aliphatic rings. The summed E-state index contributed by atoms with van der Waals surface area (Å²) in [6.07, 6.45) is 0. The fourth-order valence-corrected chi connectivity index (χ4v) is 2.03. The quantitative estimate of drug-likeness (QED) is 0.824. The van der Waals surface area contributed by atoms with Gasteiger partial charge in [-0.1, -0.05) is 12.1 Å². The summed E-state index contributed by atoms with van der Waals surface area (Å²) in [7, 11) is 0. The Morgan fingerprint density at radius 1 is 1.26 bits per heavy atom. The highest BCUT2D eigenvalue weighted by Gasteiger charge is 2.08. The molecule has 2 aromatic rings. The fourth-order valence-electron chi connectivity index (χ4n) is 1.67. The minimum absolute atomic E-state index is 0.341. The zero-order chi connectivity index (χ0) is 13.8. The van der Waals surface area contributed by atoms with Gasteiger partial charge in [0, 0.05) is 6.07 Å². The van der Waals surface area contributed by atoms with Crippen molar-refractivity contribution in [3.05, 3.63) is 46.7 Å². The lowest BCUT2D eigenvalue weighted by Crippen LogP contribution is -2.00. The highest BCUT2D eigenvalue weighted by molar-refractivity contribution is 9.10. The smallest absolute Gasteiger partial charge is 0.142 e. The van der Waals surface area contributed by atoms with Crippen LogP contribution in [0.25, 0.3) is 0 Å². The van der Waals surface area contributed by atoms with E-state index in [4.69, 9.17) is 10.5 Å². The molecular formula is C14H14BrFN2O. The van der Waals surface area contributed by atoms with Gasteiger partial charge in [0.2, 0.25) is 0 Å². The Hall–Kier alpha value is -1.75. The second kappa shape index (κ2) is 5.93. The van der Waals surface area contributed by atoms with E-state index >= 15 is 0 Å². The van der Waals surface area contributed by atoms with Crippen molar-refractivity contribution in [1.82, 2.24) is 0 Å². The largest absolute Gasteiger partial charge is 0.492 e. The molecule has 0 amide bonds. The summed E-state index contributed by atoms with van der Waals surface area (Å²) < 4.78 is 19.4. The van der Waals surface area contributed by atoms with Crippen LogP contribution >= 0.6 is 15.9 Å². The minimum Gasteiger partial charge on any atom is -0.492 e. The number of rotatable bonds is 4. The number of benzene rings is 2. The van der Waals surface area contributed by atoms with Crippen LogP contribution in [0.15, 0.2) is 40.9 Å². The molecule has 0 aliphatic carbocycles. The lowest BCUT2D eigenvalue weighted by Gasteiger charge is -2.14. The summed E-state index contributed by atoms with van der Waals surface area (Å²) in [6, 6.07) is 10.3. The van der Waals surface area contributed by atoms with Crippen LogP contribution in [0.1, 0.15) is 6.92 Å². The van der Waals surface area contributed by atoms with Gasteiger partial charge in [-0.15, -0.1) is 0 Å². The Balaban J connectivity index is 2.33. The van der Waals surface area contributed by atoms with Crippen molar-refractivity contribution >= 4 is 33.0 Å². The topological polar surface area (TPSA) is 47.3 Å². The first kappa shape index (κ1) is 13.7. The average Bonchev–Trinajstić information content (AvgIpc) is 2.38. The number of nitrogen functional groups attached to an aromatic ring is 1. The van der Waals surface area contributed by atoms with Crippen LogP contribution in [-0.2, 0) is 0 Å². The first-order valence-corrected chi connectivity index (χ1v) is 6.64. The van der Waals surface area contributed by atoms with Crippen LogP contribution < -0.4 is 15.8 Å². The molecule has 0 saturated heterocycles. The number of nitrogens with two attached hydrogens (primary N) is 1. The summed E-state index contributed by atoms with van der Waals surface area (Å²) in [5.41, 5.74) is 7.58. The molecule has 0 spiro atoms. The van der Waals surface area contributed by atoms with Crippen molar-refractivity contribution in [3.8, 4) is 5.75 Å². The van der Waals surface area contributed by atoms with Gasteiger partial charge in [0.15, 0.2) is 0 Å². The lowest BCUT2D eigenvalue weighted by molar-refractivity contribution is 0.342. The van der Waals surface area contributed by atoms with Crippen LogP contribution in [-0.4, -0.2) is 6.61 Å². The van der Waals surface area contributed by atoms with Gasteiger partial charge in [-0.05, 0) is 41.1 Å². The maximum Gasteiger partial charge on any atom is 0.142 e. The van der Waals surface area contributed by atoms with Crippen molar-refractivity contribution in [3.63, 3.8) is 0 Å². The third-order valence-corrected chi connectivity index (χ3v) is 3.16. The van der Waals surface area contributed by atoms with E-state index in [1.54, 1.807) is 0 Å². The maximum absolute atomic E-state index is 13.5. The van der Waals surface area contributed by atoms with Gasteiger partial charge in [-0.25, -0.2) is 4.39 Å². The van der Waals surface area contributed by atoms with Crippen LogP contribution in [0.3, 0.4) is 0 Å². The molecule has 2 rings (SSSR count). The normalized spacial score (nSPS) is 10.3. The highest BCUT2D eigenvalue weighted by Crippen LogP contribution is 2.32. The first-order chi connectivity index (χ1) is 9.11. The van der Waals surface area contributed by atoms with E-state index < -0.39 is 0 Å². The van der Waals surface area contributed by atoms with Crippen molar-refractivity contribution < 1.29 is 9.13 Å². The summed E-state index contributed by atoms with van der Waals surface area (Å²) in [5.74, 6) is 0.332. The van der Waals surface area contributed by atoms with Gasteiger partial charge >= 0.3 is 0 Å². The molecule has 0 saturated carbocycles. The molecular weight excluding hydrogens is 311 g/mol. The monoisotopic (exact) mass is 324 g/mol. The van der Waals surface area contributed by atoms with Gasteiger partial charge in [-0.3, -0.25) is 0 Å². The molecule has 0 radical (unpaired) electrons. The SMILES string of the molecule is CCOc1ccccc1Nc1cc(F)c(Br)cc1N. The van der Waals surface area contributed by atoms with Gasteiger partial charge in [-0.2, -0.15) is 0 Å². The summed E-state index contributed by atoms with van der Waals surface area (Å²) >= 11 is 3.10. The Bertz CT molecular complexity index is 590. The van der Waals surface area contributed by atoms with Gasteiger partial charge in [0.25, 0.3) is 0 Å². The maximum atomic E-state index is 13.5. The Morgan fingerprint density at radius 3 is 2.74 bits per heavy atom. The Kier molecular flexibility index (Phi) is 4.27. The summed E-state index contributed by atoms with van der Waals surface area (Å²) in [5, 5.41) is 3.08. The number of ether oxygens (including phenoxy) is 1. The second-order valence-electron chi connectivity index (χ2n) is 3.91. The Morgan fingerprint density at radius 2 is 2.00 bits per heavy atom. The third-order valence-electron chi connectivity index (χ3n) is 2.55. The highest BCUT2D eigenvalue weighted by atomic mass is 79.9. The molecule has 3 nitrogen and oxygen atoms in total. The van der Waals surface area contributed by atoms with Crippen LogP contribution in [0.4, 0.5) is 21.5 Å². The molecule has 0 fully saturated rings. The molecule has 0 aliphatic heterocycles. The van der Waals surface area contributed by atoms with E-state index in [0.717, 1.165) is 5.69 Å². The fraction of sp³-hybridized carbons (Fsp3) is 0.143. The molecule has 0 heterocycles. The van der Waals surface area contributed by atoms with Crippen molar-refractivity contribution in [1.29, 1.82) is 0 Å². The second-order valence-corrected chi connectivity index (χ2v) is 4.76. The molecule has 3 N–H and O–H groups in total. The van der Waals surface area contributed by atoms with Crippen molar-refractivity contribution in [2.75, 3.05) is 17.7 Å². The van der Waals surface area contributed by atoms with Crippen molar-refractivity contribution in [2.24, 2.45) is 0 Å². The predicted molar refractivity (Wildman–Crippen MR) is 79.4 cm³/mol. The molecule has 0 aromatic heterocycles. The van der Waals surface area contributed by atoms with E-state index in [1.807, 2.05) is 31.2 Å². The molecule has 0 unspecified atom stereocenters. The molecule has 19 heavy (non-hydrogen) atoms. The number of para-hydroxylation sites is 2. The van der Waals surface area contributed by atoms with E-state index in [9.17, 15) is 4.39 Å². The van der Waals surface area contributed by atoms with Crippen LogP contribution in [0.2, 0.25) is 0 Å². The molecule has 0 bridgehead atoms. The summed E-state index contributed by atoms with van der Waals surface area (Å²) in [4.78, 5) is 0. The van der Waals surface area contributed by atoms with Crippen LogP contribution in [0, 0.1) is 5.82 Å². The first-order valence-electron chi connectivity index (χ1n) is 5.85. The number of hydrogen-bond acceptors (Lipinski definition) is 3. The van der Waals surface area contributed by atoms with E-state index in [1.165, 1.54) is 12.1 Å². The number of halogens is 2. The lowest BCUT2D eigenvalue weighted by atomic mass is 10.2. The standard InChI is InChI=1S/C14H14BrFN2O/c1-2-19-14-6-4-3-5-12(14)18-13-8-10(16)9(15)7-11(13)17/h3-8,18H,2,17H2,1H3. The number of anilines is 3. The third kappa shape index (κ3) is 3.17. The molecule has 5 heteroatoms. The predicted octanol–water partition coefficient (Wildman–Crippen LogP) is 4.31. The van der Waals surface area contributed by atoms with E-state index in [0.29, 0.717) is 28.2 Å². The van der Waals surface area contributed by atoms with Gasteiger partial charge < -0.3 is 15.8 Å². The number of nitrogens with one attached hydrogen (secondary N) is 1. The van der Waals surface area contributed by atoms with Crippen LogP contribution in [0.5, 0.6) is 5.75 Å². The molecule has 100 valence electrons. The van der Waals surface area contributed by atoms with Crippen molar-refractivity contribution in [2.45, 2.75) is 6.92 Å². The summed E-state index contributed by atoms with van der Waals surface area (Å²) in [6.45, 7) is 2.47. The molecule has 2 aromatic carbocycles. The van der Waals surface area contributed by atoms with E-state index in [-0.39, 0.29) is 5.82 Å². The van der Waals surface area contributed by atoms with Gasteiger partial charge in [0.05, 0.1) is 28.1 Å². The Labute approximate surface area is 119 Å².